The molecule has 18 heavy (non-hydrogen) atoms. The maximum atomic E-state index is 5.89. The molecule has 0 aliphatic rings. The molecular formula is C13H15BrN2S2. The molecule has 0 amide bonds. The highest BCUT2D eigenvalue weighted by Gasteiger charge is 2.09. The highest BCUT2D eigenvalue weighted by molar-refractivity contribution is 9.10. The number of aromatic nitrogens is 1. The zero-order valence-electron chi connectivity index (χ0n) is 10.3. The van der Waals surface area contributed by atoms with Gasteiger partial charge in [-0.2, -0.15) is 0 Å². The van der Waals surface area contributed by atoms with E-state index in [0.29, 0.717) is 0 Å². The van der Waals surface area contributed by atoms with Crippen molar-refractivity contribution in [1.82, 2.24) is 4.98 Å². The molecule has 1 atom stereocenters. The summed E-state index contributed by atoms with van der Waals surface area (Å²) < 4.78 is 2.17. The lowest BCUT2D eigenvalue weighted by Crippen LogP contribution is -2.18. The number of thiazole rings is 1. The molecule has 0 saturated carbocycles. The Morgan fingerprint density at radius 1 is 1.50 bits per heavy atom. The molecule has 2 nitrogen and oxygen atoms in total. The molecule has 0 bridgehead atoms. The Bertz CT molecular complexity index is 538. The maximum Gasteiger partial charge on any atom is 0.154 e. The van der Waals surface area contributed by atoms with Crippen molar-refractivity contribution in [3.8, 4) is 0 Å². The van der Waals surface area contributed by atoms with Crippen LogP contribution in [0.3, 0.4) is 0 Å². The van der Waals surface area contributed by atoms with Crippen molar-refractivity contribution in [1.29, 1.82) is 0 Å². The lowest BCUT2D eigenvalue weighted by molar-refractivity contribution is 0.729. The minimum atomic E-state index is 0.170. The molecule has 2 rings (SSSR count). The van der Waals surface area contributed by atoms with Crippen molar-refractivity contribution in [2.75, 3.05) is 0 Å². The molecule has 5 heteroatoms. The summed E-state index contributed by atoms with van der Waals surface area (Å²) in [6, 6.07) is 6.51. The summed E-state index contributed by atoms with van der Waals surface area (Å²) in [6.45, 7) is 4.05. The molecule has 96 valence electrons. The number of benzene rings is 1. The minimum absolute atomic E-state index is 0.170. The van der Waals surface area contributed by atoms with E-state index in [9.17, 15) is 0 Å². The summed E-state index contributed by atoms with van der Waals surface area (Å²) >= 11 is 6.92. The molecule has 0 aliphatic heterocycles. The number of aryl methyl sites for hydroxylation is 1. The van der Waals surface area contributed by atoms with Crippen molar-refractivity contribution in [2.45, 2.75) is 35.5 Å². The van der Waals surface area contributed by atoms with Crippen LogP contribution in [-0.4, -0.2) is 11.0 Å². The van der Waals surface area contributed by atoms with Crippen LogP contribution < -0.4 is 5.73 Å². The molecule has 0 spiro atoms. The fourth-order valence-corrected chi connectivity index (χ4v) is 4.10. The standard InChI is InChI=1S/C13H15BrN2S2/c1-8(15)5-10-3-4-11(14)6-12(10)18-13-16-9(2)7-17-13/h3-4,6-8H,5,15H2,1-2H3. The van der Waals surface area contributed by atoms with Crippen LogP contribution in [0.4, 0.5) is 0 Å². The van der Waals surface area contributed by atoms with E-state index < -0.39 is 0 Å². The Balaban J connectivity index is 2.27. The van der Waals surface area contributed by atoms with Gasteiger partial charge in [-0.1, -0.05) is 33.8 Å². The van der Waals surface area contributed by atoms with E-state index in [1.807, 2.05) is 13.8 Å². The summed E-state index contributed by atoms with van der Waals surface area (Å²) in [7, 11) is 0. The molecule has 0 radical (unpaired) electrons. The van der Waals surface area contributed by atoms with E-state index >= 15 is 0 Å². The molecule has 0 fully saturated rings. The van der Waals surface area contributed by atoms with E-state index in [1.165, 1.54) is 10.5 Å². The lowest BCUT2D eigenvalue weighted by Gasteiger charge is -2.10. The first-order valence-corrected chi connectivity index (χ1v) is 8.17. The number of nitrogens with two attached hydrogens (primary N) is 1. The zero-order valence-corrected chi connectivity index (χ0v) is 13.5. The van der Waals surface area contributed by atoms with Gasteiger partial charge >= 0.3 is 0 Å². The van der Waals surface area contributed by atoms with Gasteiger partial charge in [-0.3, -0.25) is 0 Å². The van der Waals surface area contributed by atoms with E-state index in [2.05, 4.69) is 44.5 Å². The third kappa shape index (κ3) is 3.82. The van der Waals surface area contributed by atoms with Crippen molar-refractivity contribution in [3.05, 3.63) is 39.3 Å². The van der Waals surface area contributed by atoms with Crippen molar-refractivity contribution >= 4 is 39.0 Å². The lowest BCUT2D eigenvalue weighted by atomic mass is 10.1. The van der Waals surface area contributed by atoms with Gasteiger partial charge in [0.1, 0.15) is 0 Å². The first kappa shape index (κ1) is 14.1. The summed E-state index contributed by atoms with van der Waals surface area (Å²) in [4.78, 5) is 5.72. The summed E-state index contributed by atoms with van der Waals surface area (Å²) in [5, 5.41) is 2.07. The monoisotopic (exact) mass is 342 g/mol. The first-order valence-electron chi connectivity index (χ1n) is 5.68. The van der Waals surface area contributed by atoms with Gasteiger partial charge in [0.15, 0.2) is 4.34 Å². The van der Waals surface area contributed by atoms with Crippen LogP contribution in [0.25, 0.3) is 0 Å². The van der Waals surface area contributed by atoms with Gasteiger partial charge in [-0.05, 0) is 38.0 Å². The third-order valence-corrected chi connectivity index (χ3v) is 5.02. The zero-order chi connectivity index (χ0) is 13.1. The molecule has 1 unspecified atom stereocenters. The number of rotatable bonds is 4. The van der Waals surface area contributed by atoms with Gasteiger partial charge in [-0.25, -0.2) is 4.98 Å². The predicted octanol–water partition coefficient (Wildman–Crippen LogP) is 4.25. The van der Waals surface area contributed by atoms with Crippen LogP contribution in [0.1, 0.15) is 18.2 Å². The van der Waals surface area contributed by atoms with E-state index in [1.54, 1.807) is 23.1 Å². The summed E-state index contributed by atoms with van der Waals surface area (Å²) in [5.74, 6) is 0. The molecular weight excluding hydrogens is 328 g/mol. The van der Waals surface area contributed by atoms with Gasteiger partial charge in [-0.15, -0.1) is 11.3 Å². The fraction of sp³-hybridized carbons (Fsp3) is 0.308. The van der Waals surface area contributed by atoms with Crippen molar-refractivity contribution < 1.29 is 0 Å². The Labute approximate surface area is 124 Å². The average molecular weight is 343 g/mol. The van der Waals surface area contributed by atoms with Gasteiger partial charge in [0.2, 0.25) is 0 Å². The molecule has 1 heterocycles. The molecule has 0 saturated heterocycles. The summed E-state index contributed by atoms with van der Waals surface area (Å²) in [5.41, 5.74) is 8.25. The largest absolute Gasteiger partial charge is 0.328 e. The second-order valence-corrected chi connectivity index (χ2v) is 7.35. The van der Waals surface area contributed by atoms with E-state index in [-0.39, 0.29) is 6.04 Å². The Morgan fingerprint density at radius 2 is 2.28 bits per heavy atom. The van der Waals surface area contributed by atoms with Gasteiger partial charge in [0.05, 0.1) is 0 Å². The van der Waals surface area contributed by atoms with Crippen molar-refractivity contribution in [3.63, 3.8) is 0 Å². The highest BCUT2D eigenvalue weighted by Crippen LogP contribution is 2.34. The molecule has 2 N–H and O–H groups in total. The number of hydrogen-bond acceptors (Lipinski definition) is 4. The minimum Gasteiger partial charge on any atom is -0.328 e. The molecule has 1 aromatic heterocycles. The topological polar surface area (TPSA) is 38.9 Å². The Hall–Kier alpha value is -0.360. The number of hydrogen-bond donors (Lipinski definition) is 1. The van der Waals surface area contributed by atoms with Crippen LogP contribution in [0.2, 0.25) is 0 Å². The Morgan fingerprint density at radius 3 is 2.89 bits per heavy atom. The first-order chi connectivity index (χ1) is 8.54. The van der Waals surface area contributed by atoms with Crippen LogP contribution in [-0.2, 0) is 6.42 Å². The fourth-order valence-electron chi connectivity index (χ4n) is 1.61. The second kappa shape index (κ2) is 6.19. The molecule has 1 aromatic carbocycles. The number of nitrogens with zero attached hydrogens (tertiary/aromatic N) is 1. The van der Waals surface area contributed by atoms with Gasteiger partial charge < -0.3 is 5.73 Å². The quantitative estimate of drug-likeness (QED) is 0.902. The van der Waals surface area contributed by atoms with Crippen LogP contribution in [0, 0.1) is 6.92 Å². The van der Waals surface area contributed by atoms with Crippen LogP contribution in [0.15, 0.2) is 37.3 Å². The average Bonchev–Trinajstić information content (AvgIpc) is 2.67. The molecule has 2 aromatic rings. The predicted molar refractivity (Wildman–Crippen MR) is 82.5 cm³/mol. The van der Waals surface area contributed by atoms with Crippen molar-refractivity contribution in [2.24, 2.45) is 5.73 Å². The normalized spacial score (nSPS) is 12.7. The van der Waals surface area contributed by atoms with Gasteiger partial charge in [0, 0.05) is 26.5 Å². The highest BCUT2D eigenvalue weighted by atomic mass is 79.9. The smallest absolute Gasteiger partial charge is 0.154 e. The van der Waals surface area contributed by atoms with E-state index in [0.717, 1.165) is 20.9 Å². The SMILES string of the molecule is Cc1csc(Sc2cc(Br)ccc2CC(C)N)n1. The maximum absolute atomic E-state index is 5.89. The molecule has 0 aliphatic carbocycles. The van der Waals surface area contributed by atoms with Gasteiger partial charge in [0.25, 0.3) is 0 Å². The van der Waals surface area contributed by atoms with E-state index in [4.69, 9.17) is 5.73 Å². The van der Waals surface area contributed by atoms with Crippen LogP contribution >= 0.6 is 39.0 Å². The van der Waals surface area contributed by atoms with Crippen LogP contribution in [0.5, 0.6) is 0 Å². The second-order valence-electron chi connectivity index (χ2n) is 4.29. The summed E-state index contributed by atoms with van der Waals surface area (Å²) in [6.07, 6.45) is 0.889. The Kier molecular flexibility index (Phi) is 4.84. The number of halogens is 1. The third-order valence-electron chi connectivity index (χ3n) is 2.37.